The minimum atomic E-state index is -0.474. The Morgan fingerprint density at radius 1 is 1.54 bits per heavy atom. The number of rotatable bonds is 3. The second-order valence-electron chi connectivity index (χ2n) is 2.42. The highest BCUT2D eigenvalue weighted by Crippen LogP contribution is 2.22. The Balaban J connectivity index is 3.04. The number of benzene rings is 1. The normalized spacial score (nSPS) is 11.8. The van der Waals surface area contributed by atoms with E-state index in [2.05, 4.69) is 32.6 Å². The van der Waals surface area contributed by atoms with E-state index in [1.54, 1.807) is 0 Å². The highest BCUT2D eigenvalue weighted by molar-refractivity contribution is 14.1. The summed E-state index contributed by atoms with van der Waals surface area (Å²) < 4.78 is 0.992. The van der Waals surface area contributed by atoms with Crippen LogP contribution in [0.3, 0.4) is 0 Å². The van der Waals surface area contributed by atoms with E-state index in [1.165, 1.54) is 0 Å². The molecular formula is C8H8IN3O. The van der Waals surface area contributed by atoms with Gasteiger partial charge in [-0.1, -0.05) is 23.3 Å². The van der Waals surface area contributed by atoms with Gasteiger partial charge in [-0.25, -0.2) is 0 Å². The zero-order valence-electron chi connectivity index (χ0n) is 6.76. The molecule has 0 heterocycles. The lowest BCUT2D eigenvalue weighted by Crippen LogP contribution is -2.01. The first-order valence-corrected chi connectivity index (χ1v) is 4.77. The van der Waals surface area contributed by atoms with Crippen LogP contribution in [0.5, 0.6) is 0 Å². The van der Waals surface area contributed by atoms with Crippen LogP contribution in [-0.2, 0) is 0 Å². The van der Waals surface area contributed by atoms with Crippen molar-refractivity contribution < 1.29 is 5.11 Å². The minimum absolute atomic E-state index is 0.163. The second-order valence-corrected chi connectivity index (χ2v) is 3.59. The van der Waals surface area contributed by atoms with Crippen molar-refractivity contribution in [2.24, 2.45) is 5.11 Å². The Kier molecular flexibility index (Phi) is 4.01. The van der Waals surface area contributed by atoms with Crippen molar-refractivity contribution in [1.29, 1.82) is 0 Å². The molecule has 0 saturated carbocycles. The molecule has 68 valence electrons. The van der Waals surface area contributed by atoms with Crippen LogP contribution in [0.1, 0.15) is 11.6 Å². The average Bonchev–Trinajstić information content (AvgIpc) is 2.16. The molecule has 1 rings (SSSR count). The first-order valence-electron chi connectivity index (χ1n) is 3.69. The molecule has 13 heavy (non-hydrogen) atoms. The van der Waals surface area contributed by atoms with Crippen molar-refractivity contribution in [1.82, 2.24) is 0 Å². The maximum absolute atomic E-state index is 8.97. The van der Waals surface area contributed by atoms with E-state index >= 15 is 0 Å². The Bertz CT molecular complexity index is 336. The lowest BCUT2D eigenvalue weighted by molar-refractivity contribution is 0.267. The molecule has 0 spiro atoms. The standard InChI is InChI=1S/C8H8IN3O/c9-7-4-2-1-3-6(7)8(5-13)11-12-10/h1-4,8,13H,5H2/t8-/m0/s1. The lowest BCUT2D eigenvalue weighted by Gasteiger charge is -2.09. The predicted molar refractivity (Wildman–Crippen MR) is 58.1 cm³/mol. The molecule has 0 aliphatic carbocycles. The van der Waals surface area contributed by atoms with Crippen molar-refractivity contribution in [2.75, 3.05) is 6.61 Å². The molecule has 0 aliphatic heterocycles. The summed E-state index contributed by atoms with van der Waals surface area (Å²) in [6.45, 7) is -0.163. The first kappa shape index (κ1) is 10.3. The van der Waals surface area contributed by atoms with E-state index in [1.807, 2.05) is 24.3 Å². The molecule has 0 aromatic heterocycles. The topological polar surface area (TPSA) is 69.0 Å². The Morgan fingerprint density at radius 2 is 2.23 bits per heavy atom. The average molecular weight is 289 g/mol. The quantitative estimate of drug-likeness (QED) is 0.395. The van der Waals surface area contributed by atoms with Crippen LogP contribution in [0.2, 0.25) is 0 Å². The van der Waals surface area contributed by atoms with Crippen molar-refractivity contribution in [3.8, 4) is 0 Å². The summed E-state index contributed by atoms with van der Waals surface area (Å²) >= 11 is 2.14. The molecule has 0 aliphatic rings. The number of halogens is 1. The second kappa shape index (κ2) is 5.06. The van der Waals surface area contributed by atoms with Gasteiger partial charge in [-0.2, -0.15) is 0 Å². The van der Waals surface area contributed by atoms with Gasteiger partial charge < -0.3 is 5.11 Å². The van der Waals surface area contributed by atoms with E-state index in [0.29, 0.717) is 0 Å². The number of hydrogen-bond acceptors (Lipinski definition) is 2. The first-order chi connectivity index (χ1) is 6.29. The molecule has 0 bridgehead atoms. The molecule has 1 aromatic carbocycles. The summed E-state index contributed by atoms with van der Waals surface area (Å²) in [5.74, 6) is 0. The van der Waals surface area contributed by atoms with Gasteiger partial charge in [0, 0.05) is 8.48 Å². The van der Waals surface area contributed by atoms with Gasteiger partial charge >= 0.3 is 0 Å². The van der Waals surface area contributed by atoms with Crippen LogP contribution < -0.4 is 0 Å². The number of hydrogen-bond donors (Lipinski definition) is 1. The Labute approximate surface area is 89.4 Å². The van der Waals surface area contributed by atoms with Crippen LogP contribution in [0.15, 0.2) is 29.4 Å². The van der Waals surface area contributed by atoms with Crippen molar-refractivity contribution >= 4 is 22.6 Å². The summed E-state index contributed by atoms with van der Waals surface area (Å²) in [4.78, 5) is 2.69. The van der Waals surface area contributed by atoms with E-state index in [9.17, 15) is 0 Å². The molecular weight excluding hydrogens is 281 g/mol. The monoisotopic (exact) mass is 289 g/mol. The molecule has 0 unspecified atom stereocenters. The van der Waals surface area contributed by atoms with Crippen LogP contribution in [0, 0.1) is 3.57 Å². The lowest BCUT2D eigenvalue weighted by atomic mass is 10.1. The molecule has 5 heteroatoms. The zero-order chi connectivity index (χ0) is 9.68. The third-order valence-electron chi connectivity index (χ3n) is 1.63. The summed E-state index contributed by atoms with van der Waals surface area (Å²) in [7, 11) is 0. The number of azide groups is 1. The van der Waals surface area contributed by atoms with E-state index in [4.69, 9.17) is 10.6 Å². The molecule has 4 nitrogen and oxygen atoms in total. The predicted octanol–water partition coefficient (Wildman–Crippen LogP) is 2.63. The molecule has 1 aromatic rings. The van der Waals surface area contributed by atoms with Crippen LogP contribution in [0.4, 0.5) is 0 Å². The Hall–Kier alpha value is -0.780. The Morgan fingerprint density at radius 3 is 2.77 bits per heavy atom. The molecule has 1 atom stereocenters. The van der Waals surface area contributed by atoms with Gasteiger partial charge in [0.1, 0.15) is 0 Å². The fourth-order valence-electron chi connectivity index (χ4n) is 1.00. The summed E-state index contributed by atoms with van der Waals surface area (Å²) in [5, 5.41) is 12.5. The van der Waals surface area contributed by atoms with Gasteiger partial charge in [-0.05, 0) is 39.8 Å². The van der Waals surface area contributed by atoms with Gasteiger partial charge in [-0.15, -0.1) is 0 Å². The van der Waals surface area contributed by atoms with Crippen molar-refractivity contribution in [3.63, 3.8) is 0 Å². The summed E-state index contributed by atoms with van der Waals surface area (Å²) in [6, 6.07) is 7.03. The molecule has 0 saturated heterocycles. The maximum Gasteiger partial charge on any atom is 0.0866 e. The largest absolute Gasteiger partial charge is 0.396 e. The van der Waals surface area contributed by atoms with Crippen molar-refractivity contribution in [3.05, 3.63) is 43.8 Å². The molecule has 1 N–H and O–H groups in total. The summed E-state index contributed by atoms with van der Waals surface area (Å²) in [5.41, 5.74) is 9.13. The van der Waals surface area contributed by atoms with Gasteiger partial charge in [0.05, 0.1) is 12.6 Å². The molecule has 0 fully saturated rings. The number of aliphatic hydroxyl groups excluding tert-OH is 1. The van der Waals surface area contributed by atoms with Gasteiger partial charge in [0.15, 0.2) is 0 Å². The van der Waals surface area contributed by atoms with E-state index < -0.39 is 6.04 Å². The van der Waals surface area contributed by atoms with Gasteiger partial charge in [0.2, 0.25) is 0 Å². The van der Waals surface area contributed by atoms with E-state index in [0.717, 1.165) is 9.13 Å². The maximum atomic E-state index is 8.97. The van der Waals surface area contributed by atoms with Crippen LogP contribution in [0.25, 0.3) is 10.4 Å². The van der Waals surface area contributed by atoms with Crippen LogP contribution >= 0.6 is 22.6 Å². The minimum Gasteiger partial charge on any atom is -0.396 e. The number of aliphatic hydroxyl groups is 1. The van der Waals surface area contributed by atoms with Crippen molar-refractivity contribution in [2.45, 2.75) is 6.04 Å². The molecule has 0 amide bonds. The fraction of sp³-hybridized carbons (Fsp3) is 0.250. The number of nitrogens with zero attached hydrogens (tertiary/aromatic N) is 3. The van der Waals surface area contributed by atoms with Gasteiger partial charge in [0.25, 0.3) is 0 Å². The SMILES string of the molecule is [N-]=[N+]=N[C@@H](CO)c1ccccc1I. The molecule has 0 radical (unpaired) electrons. The third kappa shape index (κ3) is 2.58. The zero-order valence-corrected chi connectivity index (χ0v) is 8.92. The highest BCUT2D eigenvalue weighted by Gasteiger charge is 2.10. The van der Waals surface area contributed by atoms with Gasteiger partial charge in [-0.3, -0.25) is 0 Å². The van der Waals surface area contributed by atoms with E-state index in [-0.39, 0.29) is 6.61 Å². The van der Waals surface area contributed by atoms with Crippen LogP contribution in [-0.4, -0.2) is 11.7 Å². The summed E-state index contributed by atoms with van der Waals surface area (Å²) in [6.07, 6.45) is 0. The third-order valence-corrected chi connectivity index (χ3v) is 2.61. The smallest absolute Gasteiger partial charge is 0.0866 e. The fourth-order valence-corrected chi connectivity index (χ4v) is 1.75. The highest BCUT2D eigenvalue weighted by atomic mass is 127.